The molecule has 0 aliphatic carbocycles. The molecule has 3 aromatic rings. The fourth-order valence-corrected chi connectivity index (χ4v) is 3.35. The van der Waals surface area contributed by atoms with E-state index in [1.54, 1.807) is 22.9 Å². The molecule has 8 nitrogen and oxygen atoms in total. The maximum absolute atomic E-state index is 12.3. The van der Waals surface area contributed by atoms with Gasteiger partial charge in [-0.1, -0.05) is 26.8 Å². The molecule has 1 N–H and O–H groups in total. The Morgan fingerprint density at radius 2 is 1.77 bits per heavy atom. The summed E-state index contributed by atoms with van der Waals surface area (Å²) in [4.78, 5) is 37.8. The maximum Gasteiger partial charge on any atom is 0.259 e. The maximum atomic E-state index is 12.3. The zero-order valence-corrected chi connectivity index (χ0v) is 17.5. The minimum atomic E-state index is -0.462. The summed E-state index contributed by atoms with van der Waals surface area (Å²) in [7, 11) is 0. The molecule has 1 saturated heterocycles. The van der Waals surface area contributed by atoms with Crippen molar-refractivity contribution in [1.29, 1.82) is 0 Å². The predicted molar refractivity (Wildman–Crippen MR) is 118 cm³/mol. The highest BCUT2D eigenvalue weighted by Gasteiger charge is 2.22. The number of rotatable bonds is 3. The van der Waals surface area contributed by atoms with Gasteiger partial charge in [-0.25, -0.2) is 9.97 Å². The number of pyridine rings is 2. The van der Waals surface area contributed by atoms with Crippen LogP contribution in [0.5, 0.6) is 0 Å². The van der Waals surface area contributed by atoms with E-state index in [0.29, 0.717) is 17.3 Å². The van der Waals surface area contributed by atoms with E-state index in [0.717, 1.165) is 31.9 Å². The average Bonchev–Trinajstić information content (AvgIpc) is 2.74. The summed E-state index contributed by atoms with van der Waals surface area (Å²) in [6.07, 6.45) is 3.52. The monoisotopic (exact) mass is 406 g/mol. The highest BCUT2D eigenvalue weighted by Crippen LogP contribution is 2.21. The predicted octanol–water partition coefficient (Wildman–Crippen LogP) is 2.40. The van der Waals surface area contributed by atoms with Crippen molar-refractivity contribution in [2.75, 3.05) is 41.3 Å². The summed E-state index contributed by atoms with van der Waals surface area (Å²) in [6.45, 7) is 8.73. The van der Waals surface area contributed by atoms with E-state index in [2.05, 4.69) is 25.1 Å². The van der Waals surface area contributed by atoms with Crippen LogP contribution in [-0.4, -0.2) is 46.5 Å². The van der Waals surface area contributed by atoms with E-state index in [9.17, 15) is 9.59 Å². The molecule has 0 saturated carbocycles. The van der Waals surface area contributed by atoms with Crippen molar-refractivity contribution in [3.05, 3.63) is 59.1 Å². The van der Waals surface area contributed by atoms with Crippen molar-refractivity contribution in [3.8, 4) is 0 Å². The summed E-state index contributed by atoms with van der Waals surface area (Å²) >= 11 is 0. The lowest BCUT2D eigenvalue weighted by Gasteiger charge is -2.36. The Hall–Kier alpha value is -3.42. The second kappa shape index (κ2) is 7.78. The Morgan fingerprint density at radius 3 is 2.43 bits per heavy atom. The van der Waals surface area contributed by atoms with E-state index < -0.39 is 5.41 Å². The molecule has 0 radical (unpaired) electrons. The number of hydrogen-bond acceptors (Lipinski definition) is 6. The number of anilines is 3. The van der Waals surface area contributed by atoms with E-state index in [1.807, 2.05) is 51.1 Å². The first-order valence-corrected chi connectivity index (χ1v) is 10.1. The summed E-state index contributed by atoms with van der Waals surface area (Å²) in [5, 5.41) is 2.84. The normalized spacial score (nSPS) is 14.8. The molecule has 4 rings (SSSR count). The second-order valence-electron chi connectivity index (χ2n) is 8.46. The Labute approximate surface area is 175 Å². The molecule has 0 bridgehead atoms. The van der Waals surface area contributed by atoms with Gasteiger partial charge in [0, 0.05) is 43.9 Å². The lowest BCUT2D eigenvalue weighted by Crippen LogP contribution is -2.47. The highest BCUT2D eigenvalue weighted by molar-refractivity contribution is 5.93. The van der Waals surface area contributed by atoms with Gasteiger partial charge in [0.15, 0.2) is 0 Å². The number of nitrogens with one attached hydrogen (secondary N) is 1. The fourth-order valence-electron chi connectivity index (χ4n) is 3.35. The van der Waals surface area contributed by atoms with Crippen LogP contribution < -0.4 is 20.7 Å². The van der Waals surface area contributed by atoms with Gasteiger partial charge in [-0.05, 0) is 24.3 Å². The second-order valence-corrected chi connectivity index (χ2v) is 8.46. The molecule has 8 heteroatoms. The van der Waals surface area contributed by atoms with Crippen LogP contribution in [0.25, 0.3) is 5.65 Å². The van der Waals surface area contributed by atoms with Crippen LogP contribution in [0.1, 0.15) is 20.8 Å². The van der Waals surface area contributed by atoms with Gasteiger partial charge >= 0.3 is 0 Å². The lowest BCUT2D eigenvalue weighted by atomic mass is 9.96. The smallest absolute Gasteiger partial charge is 0.259 e. The van der Waals surface area contributed by atoms with Crippen LogP contribution >= 0.6 is 0 Å². The fraction of sp³-hybridized carbons (Fsp3) is 0.364. The van der Waals surface area contributed by atoms with Crippen LogP contribution in [-0.2, 0) is 4.79 Å². The highest BCUT2D eigenvalue weighted by atomic mass is 16.2. The Bertz CT molecular complexity index is 1110. The summed E-state index contributed by atoms with van der Waals surface area (Å²) in [5.74, 6) is 1.21. The Balaban J connectivity index is 1.41. The molecule has 156 valence electrons. The van der Waals surface area contributed by atoms with E-state index in [-0.39, 0.29) is 11.5 Å². The molecular weight excluding hydrogens is 380 g/mol. The summed E-state index contributed by atoms with van der Waals surface area (Å²) < 4.78 is 1.55. The molecule has 1 fully saturated rings. The first-order chi connectivity index (χ1) is 14.3. The van der Waals surface area contributed by atoms with E-state index >= 15 is 0 Å². The molecule has 3 aromatic heterocycles. The van der Waals surface area contributed by atoms with Gasteiger partial charge in [0.25, 0.3) is 5.56 Å². The van der Waals surface area contributed by atoms with Crippen molar-refractivity contribution in [3.63, 3.8) is 0 Å². The van der Waals surface area contributed by atoms with Gasteiger partial charge in [-0.2, -0.15) is 0 Å². The van der Waals surface area contributed by atoms with Crippen LogP contribution in [0, 0.1) is 5.41 Å². The lowest BCUT2D eigenvalue weighted by molar-refractivity contribution is -0.123. The van der Waals surface area contributed by atoms with Gasteiger partial charge < -0.3 is 15.1 Å². The molecule has 4 heterocycles. The molecule has 0 atom stereocenters. The number of nitrogens with zero attached hydrogens (tertiary/aromatic N) is 5. The number of hydrogen-bond donors (Lipinski definition) is 1. The number of amides is 1. The molecule has 0 unspecified atom stereocenters. The van der Waals surface area contributed by atoms with Gasteiger partial charge in [-0.3, -0.25) is 14.0 Å². The van der Waals surface area contributed by atoms with Crippen LogP contribution in [0.15, 0.2) is 53.6 Å². The zero-order valence-electron chi connectivity index (χ0n) is 17.5. The largest absolute Gasteiger partial charge is 0.367 e. The van der Waals surface area contributed by atoms with Crippen molar-refractivity contribution in [2.45, 2.75) is 20.8 Å². The topological polar surface area (TPSA) is 82.8 Å². The quantitative estimate of drug-likeness (QED) is 0.719. The number of carbonyl (C=O) groups is 1. The minimum absolute atomic E-state index is 0.0600. The van der Waals surface area contributed by atoms with Crippen LogP contribution in [0.2, 0.25) is 0 Å². The van der Waals surface area contributed by atoms with Crippen molar-refractivity contribution >= 4 is 28.9 Å². The summed E-state index contributed by atoms with van der Waals surface area (Å²) in [5.41, 5.74) is 1.13. The molecule has 1 aliphatic rings. The molecule has 1 aliphatic heterocycles. The van der Waals surface area contributed by atoms with Crippen molar-refractivity contribution < 1.29 is 4.79 Å². The zero-order chi connectivity index (χ0) is 21.3. The number of carbonyl (C=O) groups excluding carboxylic acids is 1. The molecule has 30 heavy (non-hydrogen) atoms. The average molecular weight is 406 g/mol. The van der Waals surface area contributed by atoms with Crippen LogP contribution in [0.4, 0.5) is 17.3 Å². The van der Waals surface area contributed by atoms with E-state index in [1.165, 1.54) is 0 Å². The van der Waals surface area contributed by atoms with Crippen LogP contribution in [0.3, 0.4) is 0 Å². The van der Waals surface area contributed by atoms with E-state index in [4.69, 9.17) is 0 Å². The third-order valence-electron chi connectivity index (χ3n) is 5.20. The SMILES string of the molecule is CC(C)(C)C(=O)Nc1ccc(N2CCN(c3cc(=O)n4ccccc4n3)CC2)cn1. The minimum Gasteiger partial charge on any atom is -0.367 e. The van der Waals surface area contributed by atoms with Gasteiger partial charge in [-0.15, -0.1) is 0 Å². The Morgan fingerprint density at radius 1 is 1.03 bits per heavy atom. The van der Waals surface area contributed by atoms with Crippen molar-refractivity contribution in [1.82, 2.24) is 14.4 Å². The first-order valence-electron chi connectivity index (χ1n) is 10.1. The molecular formula is C22H26N6O2. The number of piperazine rings is 1. The Kier molecular flexibility index (Phi) is 5.15. The third-order valence-corrected chi connectivity index (χ3v) is 5.20. The van der Waals surface area contributed by atoms with Gasteiger partial charge in [0.1, 0.15) is 17.3 Å². The molecule has 0 aromatic carbocycles. The van der Waals surface area contributed by atoms with Gasteiger partial charge in [0.05, 0.1) is 11.9 Å². The summed E-state index contributed by atoms with van der Waals surface area (Å²) in [6, 6.07) is 10.9. The first kappa shape index (κ1) is 19.9. The standard InChI is InChI=1S/C22H26N6O2/c1-22(2,3)21(30)24-17-8-7-16(15-23-17)26-10-12-27(13-11-26)19-14-20(29)28-9-5-4-6-18(28)25-19/h4-9,14-15H,10-13H2,1-3H3,(H,23,24,30). The number of aromatic nitrogens is 3. The molecule has 1 amide bonds. The van der Waals surface area contributed by atoms with Crippen molar-refractivity contribution in [2.24, 2.45) is 5.41 Å². The number of fused-ring (bicyclic) bond motifs is 1. The van der Waals surface area contributed by atoms with Gasteiger partial charge in [0.2, 0.25) is 5.91 Å². The third kappa shape index (κ3) is 4.12. The molecule has 0 spiro atoms.